The summed E-state index contributed by atoms with van der Waals surface area (Å²) in [4.78, 5) is 10.8. The fourth-order valence-electron chi connectivity index (χ4n) is 1.72. The first-order valence-corrected chi connectivity index (χ1v) is 6.84. The van der Waals surface area contributed by atoms with Crippen LogP contribution in [0.1, 0.15) is 55.3 Å². The Bertz CT molecular complexity index is 323. The molecule has 0 aliphatic rings. The largest absolute Gasteiger partial charge is 0.473 e. The van der Waals surface area contributed by atoms with Gasteiger partial charge in [-0.1, -0.05) is 43.9 Å². The van der Waals surface area contributed by atoms with Crippen molar-refractivity contribution >= 4 is 17.3 Å². The number of hydrogen-bond acceptors (Lipinski definition) is 2. The molecule has 0 saturated heterocycles. The highest BCUT2D eigenvalue weighted by Gasteiger charge is 2.19. The lowest BCUT2D eigenvalue weighted by molar-refractivity contribution is -0.694. The first-order chi connectivity index (χ1) is 7.75. The van der Waals surface area contributed by atoms with E-state index in [2.05, 4.69) is 6.92 Å². The van der Waals surface area contributed by atoms with Crippen LogP contribution in [0.5, 0.6) is 0 Å². The van der Waals surface area contributed by atoms with Crippen LogP contribution in [0.25, 0.3) is 0 Å². The molecule has 0 aromatic carbocycles. The van der Waals surface area contributed by atoms with E-state index in [-0.39, 0.29) is 0 Å². The van der Waals surface area contributed by atoms with E-state index in [4.69, 9.17) is 5.11 Å². The van der Waals surface area contributed by atoms with Crippen LogP contribution >= 0.6 is 11.3 Å². The summed E-state index contributed by atoms with van der Waals surface area (Å²) in [5, 5.41) is 11.2. The maximum Gasteiger partial charge on any atom is 0.412 e. The molecule has 0 radical (unpaired) electrons. The van der Waals surface area contributed by atoms with E-state index in [1.807, 2.05) is 16.1 Å². The van der Waals surface area contributed by atoms with Gasteiger partial charge in [0.25, 0.3) is 0 Å². The fraction of sp³-hybridized carbons (Fsp3) is 0.667. The van der Waals surface area contributed by atoms with Gasteiger partial charge in [-0.25, -0.2) is 4.79 Å². The van der Waals surface area contributed by atoms with Gasteiger partial charge in [-0.2, -0.15) is 4.57 Å². The van der Waals surface area contributed by atoms with Gasteiger partial charge in [0.05, 0.1) is 5.38 Å². The van der Waals surface area contributed by atoms with Crippen LogP contribution in [0.3, 0.4) is 0 Å². The Morgan fingerprint density at radius 1 is 1.31 bits per heavy atom. The molecular formula is C12H20NO2S+. The standard InChI is InChI=1S/C12H19NO2S/c1-2-3-4-5-6-7-8-13-9-10-16-11(13)12(14)15/h9-10H,2-8H2,1H3/p+1. The molecule has 90 valence electrons. The van der Waals surface area contributed by atoms with Gasteiger partial charge in [0.1, 0.15) is 6.54 Å². The zero-order valence-corrected chi connectivity index (χ0v) is 10.6. The van der Waals surface area contributed by atoms with Crippen molar-refractivity contribution in [2.24, 2.45) is 0 Å². The average molecular weight is 242 g/mol. The predicted octanol–water partition coefficient (Wildman–Crippen LogP) is 3.09. The average Bonchev–Trinajstić information content (AvgIpc) is 2.71. The highest BCUT2D eigenvalue weighted by molar-refractivity contribution is 7.11. The quantitative estimate of drug-likeness (QED) is 0.562. The van der Waals surface area contributed by atoms with Crippen LogP contribution in [0, 0.1) is 0 Å². The number of aryl methyl sites for hydroxylation is 1. The lowest BCUT2D eigenvalue weighted by atomic mass is 10.1. The first-order valence-electron chi connectivity index (χ1n) is 5.96. The summed E-state index contributed by atoms with van der Waals surface area (Å²) < 4.78 is 1.84. The van der Waals surface area contributed by atoms with Crippen molar-refractivity contribution in [3.63, 3.8) is 0 Å². The number of rotatable bonds is 8. The summed E-state index contributed by atoms with van der Waals surface area (Å²) in [5.74, 6) is -0.819. The Morgan fingerprint density at radius 3 is 2.69 bits per heavy atom. The van der Waals surface area contributed by atoms with Crippen LogP contribution in [-0.2, 0) is 6.54 Å². The van der Waals surface area contributed by atoms with Crippen molar-refractivity contribution in [2.75, 3.05) is 0 Å². The molecule has 1 heterocycles. The number of aromatic nitrogens is 1. The molecule has 0 unspecified atom stereocenters. The number of carboxylic acids is 1. The van der Waals surface area contributed by atoms with Crippen LogP contribution in [-0.4, -0.2) is 11.1 Å². The molecule has 1 rings (SSSR count). The smallest absolute Gasteiger partial charge is 0.412 e. The molecule has 0 aliphatic carbocycles. The summed E-state index contributed by atoms with van der Waals surface area (Å²) in [6.07, 6.45) is 9.28. The minimum atomic E-state index is -0.819. The molecule has 3 nitrogen and oxygen atoms in total. The third-order valence-corrected chi connectivity index (χ3v) is 3.51. The van der Waals surface area contributed by atoms with Gasteiger partial charge in [-0.3, -0.25) is 0 Å². The highest BCUT2D eigenvalue weighted by atomic mass is 32.1. The summed E-state index contributed by atoms with van der Waals surface area (Å²) in [5.41, 5.74) is 0. The number of unbranched alkanes of at least 4 members (excludes halogenated alkanes) is 5. The Kier molecular flexibility index (Phi) is 6.08. The Labute approximate surface area is 101 Å². The summed E-state index contributed by atoms with van der Waals surface area (Å²) in [6, 6.07) is 0. The van der Waals surface area contributed by atoms with Crippen molar-refractivity contribution in [2.45, 2.75) is 52.0 Å². The first kappa shape index (κ1) is 13.2. The molecule has 1 aromatic rings. The molecule has 0 bridgehead atoms. The van der Waals surface area contributed by atoms with E-state index in [1.165, 1.54) is 43.4 Å². The van der Waals surface area contributed by atoms with E-state index in [0.717, 1.165) is 13.0 Å². The minimum Gasteiger partial charge on any atom is -0.473 e. The minimum absolute atomic E-state index is 0.438. The number of nitrogens with zero attached hydrogens (tertiary/aromatic N) is 1. The molecule has 1 N–H and O–H groups in total. The lowest BCUT2D eigenvalue weighted by Gasteiger charge is -1.98. The third kappa shape index (κ3) is 4.31. The van der Waals surface area contributed by atoms with Crippen molar-refractivity contribution in [1.29, 1.82) is 0 Å². The van der Waals surface area contributed by atoms with Crippen molar-refractivity contribution < 1.29 is 14.5 Å². The number of thiazole rings is 1. The zero-order valence-electron chi connectivity index (χ0n) is 9.82. The van der Waals surface area contributed by atoms with Gasteiger partial charge in [0.2, 0.25) is 0 Å². The Morgan fingerprint density at radius 2 is 2.00 bits per heavy atom. The van der Waals surface area contributed by atoms with Crippen LogP contribution < -0.4 is 4.57 Å². The van der Waals surface area contributed by atoms with Crippen molar-refractivity contribution in [3.8, 4) is 0 Å². The molecule has 0 fully saturated rings. The van der Waals surface area contributed by atoms with Crippen molar-refractivity contribution in [3.05, 3.63) is 16.6 Å². The Balaban J connectivity index is 2.21. The van der Waals surface area contributed by atoms with Gasteiger partial charge in [-0.15, -0.1) is 0 Å². The van der Waals surface area contributed by atoms with E-state index < -0.39 is 5.97 Å². The molecule has 0 amide bonds. The molecular weight excluding hydrogens is 222 g/mol. The normalized spacial score (nSPS) is 10.6. The monoisotopic (exact) mass is 242 g/mol. The number of carbonyl (C=O) groups is 1. The summed E-state index contributed by atoms with van der Waals surface area (Å²) >= 11 is 1.29. The zero-order chi connectivity index (χ0) is 11.8. The molecule has 1 aromatic heterocycles. The van der Waals surface area contributed by atoms with E-state index in [0.29, 0.717) is 5.01 Å². The predicted molar refractivity (Wildman–Crippen MR) is 64.8 cm³/mol. The van der Waals surface area contributed by atoms with Gasteiger partial charge in [0, 0.05) is 6.42 Å². The van der Waals surface area contributed by atoms with E-state index in [1.54, 1.807) is 0 Å². The van der Waals surface area contributed by atoms with E-state index >= 15 is 0 Å². The molecule has 16 heavy (non-hydrogen) atoms. The van der Waals surface area contributed by atoms with Gasteiger partial charge < -0.3 is 5.11 Å². The number of carboxylic acid groups (broad SMARTS) is 1. The molecule has 0 atom stereocenters. The maximum absolute atomic E-state index is 10.8. The van der Waals surface area contributed by atoms with Gasteiger partial charge in [0.15, 0.2) is 6.20 Å². The SMILES string of the molecule is CCCCCCCC[n+]1ccsc1C(=O)O. The van der Waals surface area contributed by atoms with E-state index in [9.17, 15) is 4.79 Å². The van der Waals surface area contributed by atoms with Crippen LogP contribution in [0.15, 0.2) is 11.6 Å². The summed E-state index contributed by atoms with van der Waals surface area (Å²) in [7, 11) is 0. The topological polar surface area (TPSA) is 41.2 Å². The highest BCUT2D eigenvalue weighted by Crippen LogP contribution is 2.06. The van der Waals surface area contributed by atoms with Crippen LogP contribution in [0.2, 0.25) is 0 Å². The maximum atomic E-state index is 10.8. The van der Waals surface area contributed by atoms with Gasteiger partial charge in [-0.05, 0) is 6.42 Å². The van der Waals surface area contributed by atoms with Crippen LogP contribution in [0.4, 0.5) is 0 Å². The second-order valence-corrected chi connectivity index (χ2v) is 4.87. The molecule has 0 spiro atoms. The fourth-order valence-corrected chi connectivity index (χ4v) is 2.44. The van der Waals surface area contributed by atoms with Gasteiger partial charge >= 0.3 is 11.0 Å². The third-order valence-electron chi connectivity index (χ3n) is 2.62. The molecule has 4 heteroatoms. The Hall–Kier alpha value is -0.900. The number of aromatic carboxylic acids is 1. The second kappa shape index (κ2) is 7.39. The summed E-state index contributed by atoms with van der Waals surface area (Å²) in [6.45, 7) is 3.04. The molecule has 0 aliphatic heterocycles. The van der Waals surface area contributed by atoms with Crippen molar-refractivity contribution in [1.82, 2.24) is 0 Å². The molecule has 0 saturated carbocycles. The second-order valence-electron chi connectivity index (χ2n) is 3.97. The lowest BCUT2D eigenvalue weighted by Crippen LogP contribution is -2.37. The number of hydrogen-bond donors (Lipinski definition) is 1.